The van der Waals surface area contributed by atoms with Crippen LogP contribution < -0.4 is 15.4 Å². The molecule has 2 aromatic heterocycles. The number of anilines is 2. The minimum absolute atomic E-state index is 0.0115. The van der Waals surface area contributed by atoms with Gasteiger partial charge in [0.1, 0.15) is 11.9 Å². The topological polar surface area (TPSA) is 63.5 Å². The summed E-state index contributed by atoms with van der Waals surface area (Å²) in [5.41, 5.74) is 1.93. The Labute approximate surface area is 184 Å². The third-order valence-corrected chi connectivity index (χ3v) is 6.24. The molecule has 9 heteroatoms. The van der Waals surface area contributed by atoms with Crippen LogP contribution >= 0.6 is 0 Å². The molecule has 0 spiro atoms. The number of rotatable bonds is 5. The Hall–Kier alpha value is -2.81. The summed E-state index contributed by atoms with van der Waals surface area (Å²) in [6.45, 7) is 3.37. The first-order valence-electron chi connectivity index (χ1n) is 11.1. The van der Waals surface area contributed by atoms with Crippen molar-refractivity contribution in [2.75, 3.05) is 18.4 Å². The molecule has 2 aliphatic rings. The summed E-state index contributed by atoms with van der Waals surface area (Å²) in [6, 6.07) is 5.65. The molecule has 0 bridgehead atoms. The first-order chi connectivity index (χ1) is 15.4. The monoisotopic (exact) mass is 445 g/mol. The quantitative estimate of drug-likeness (QED) is 0.565. The van der Waals surface area contributed by atoms with Gasteiger partial charge in [-0.25, -0.2) is 0 Å². The number of hydrogen-bond donors (Lipinski definition) is 2. The lowest BCUT2D eigenvalue weighted by Crippen LogP contribution is -2.37. The smallest absolute Gasteiger partial charge is 0.416 e. The van der Waals surface area contributed by atoms with Gasteiger partial charge in [-0.2, -0.15) is 27.8 Å². The van der Waals surface area contributed by atoms with Crippen molar-refractivity contribution in [1.82, 2.24) is 19.9 Å². The van der Waals surface area contributed by atoms with Crippen LogP contribution in [0.3, 0.4) is 0 Å². The van der Waals surface area contributed by atoms with Gasteiger partial charge in [-0.05, 0) is 68.8 Å². The second-order valence-electron chi connectivity index (χ2n) is 8.74. The molecule has 1 saturated carbocycles. The number of piperidine rings is 1. The van der Waals surface area contributed by atoms with Crippen LogP contribution in [-0.4, -0.2) is 33.8 Å². The van der Waals surface area contributed by atoms with Crippen LogP contribution in [0.1, 0.15) is 54.7 Å². The van der Waals surface area contributed by atoms with Gasteiger partial charge in [0.15, 0.2) is 5.65 Å². The molecule has 32 heavy (non-hydrogen) atoms. The molecule has 0 radical (unpaired) electrons. The number of benzene rings is 1. The van der Waals surface area contributed by atoms with Gasteiger partial charge in [-0.3, -0.25) is 0 Å². The molecule has 3 aromatic rings. The predicted molar refractivity (Wildman–Crippen MR) is 116 cm³/mol. The summed E-state index contributed by atoms with van der Waals surface area (Å²) in [5.74, 6) is 1.40. The molecule has 2 fully saturated rings. The van der Waals surface area contributed by atoms with Gasteiger partial charge in [0, 0.05) is 23.9 Å². The number of halogens is 3. The van der Waals surface area contributed by atoms with Crippen LogP contribution in [0, 0.1) is 6.92 Å². The zero-order chi connectivity index (χ0) is 22.3. The molecule has 1 saturated heterocycles. The second kappa shape index (κ2) is 8.27. The minimum Gasteiger partial charge on any atom is -0.473 e. The zero-order valence-electron chi connectivity index (χ0n) is 17.9. The van der Waals surface area contributed by atoms with Gasteiger partial charge < -0.3 is 15.4 Å². The lowest BCUT2D eigenvalue weighted by molar-refractivity contribution is -0.137. The Bertz CT molecular complexity index is 1120. The SMILES string of the molecule is Cc1cc(Nc2cc(O[C@H]3CCCNC3)nc3c(C4CCC4)cnn23)cc(C(F)(F)F)c1. The van der Waals surface area contributed by atoms with Crippen LogP contribution in [0.5, 0.6) is 5.88 Å². The van der Waals surface area contributed by atoms with Crippen LogP contribution in [0.2, 0.25) is 0 Å². The first kappa shape index (κ1) is 21.1. The molecule has 0 amide bonds. The number of aryl methyl sites for hydroxylation is 1. The minimum atomic E-state index is -4.42. The highest BCUT2D eigenvalue weighted by Crippen LogP contribution is 2.39. The summed E-state index contributed by atoms with van der Waals surface area (Å²) >= 11 is 0. The zero-order valence-corrected chi connectivity index (χ0v) is 17.9. The number of nitrogens with zero attached hydrogens (tertiary/aromatic N) is 3. The lowest BCUT2D eigenvalue weighted by atomic mass is 9.81. The molecule has 5 rings (SSSR count). The highest BCUT2D eigenvalue weighted by atomic mass is 19.4. The van der Waals surface area contributed by atoms with Crippen molar-refractivity contribution in [3.63, 3.8) is 0 Å². The van der Waals surface area contributed by atoms with E-state index in [-0.39, 0.29) is 6.10 Å². The van der Waals surface area contributed by atoms with E-state index in [2.05, 4.69) is 15.7 Å². The third kappa shape index (κ3) is 4.26. The number of fused-ring (bicyclic) bond motifs is 1. The van der Waals surface area contributed by atoms with Crippen LogP contribution in [-0.2, 0) is 6.18 Å². The maximum Gasteiger partial charge on any atom is 0.416 e. The summed E-state index contributed by atoms with van der Waals surface area (Å²) in [6.07, 6.45) is 2.75. The van der Waals surface area contributed by atoms with Crippen molar-refractivity contribution in [3.8, 4) is 5.88 Å². The molecular formula is C23H26F3N5O. The normalized spacial score (nSPS) is 19.7. The molecule has 2 N–H and O–H groups in total. The Balaban J connectivity index is 1.53. The van der Waals surface area contributed by atoms with E-state index >= 15 is 0 Å². The summed E-state index contributed by atoms with van der Waals surface area (Å²) < 4.78 is 47.8. The highest BCUT2D eigenvalue weighted by molar-refractivity contribution is 5.64. The van der Waals surface area contributed by atoms with Gasteiger partial charge >= 0.3 is 6.18 Å². The fraction of sp³-hybridized carbons (Fsp3) is 0.478. The highest BCUT2D eigenvalue weighted by Gasteiger charge is 2.31. The van der Waals surface area contributed by atoms with Crippen LogP contribution in [0.25, 0.3) is 5.65 Å². The number of hydrogen-bond acceptors (Lipinski definition) is 5. The van der Waals surface area contributed by atoms with Gasteiger partial charge in [-0.1, -0.05) is 6.42 Å². The maximum absolute atomic E-state index is 13.3. The van der Waals surface area contributed by atoms with E-state index in [1.807, 2.05) is 6.20 Å². The number of alkyl halides is 3. The van der Waals surface area contributed by atoms with E-state index < -0.39 is 11.7 Å². The average molecular weight is 445 g/mol. The number of nitrogens with one attached hydrogen (secondary N) is 2. The van der Waals surface area contributed by atoms with E-state index in [0.717, 1.165) is 56.5 Å². The van der Waals surface area contributed by atoms with Crippen LogP contribution in [0.4, 0.5) is 24.7 Å². The summed E-state index contributed by atoms with van der Waals surface area (Å²) in [5, 5.41) is 11.0. The van der Waals surface area contributed by atoms with Gasteiger partial charge in [0.05, 0.1) is 11.8 Å². The van der Waals surface area contributed by atoms with Crippen molar-refractivity contribution in [3.05, 3.63) is 47.2 Å². The molecule has 0 unspecified atom stereocenters. The standard InChI is InChI=1S/C23H26F3N5O/c1-14-8-16(23(24,25)26)10-17(9-14)29-20-11-21(32-18-6-3-7-27-12-18)30-22-19(13-28-31(20)22)15-4-2-5-15/h8-11,13,15,18,27,29H,2-7,12H2,1H3/t18-/m0/s1. The number of ether oxygens (including phenoxy) is 1. The summed E-state index contributed by atoms with van der Waals surface area (Å²) in [4.78, 5) is 4.74. The van der Waals surface area contributed by atoms with Crippen LogP contribution in [0.15, 0.2) is 30.5 Å². The Morgan fingerprint density at radius 1 is 1.12 bits per heavy atom. The van der Waals surface area contributed by atoms with Crippen molar-refractivity contribution in [1.29, 1.82) is 0 Å². The van der Waals surface area contributed by atoms with Gasteiger partial charge in [-0.15, -0.1) is 0 Å². The van der Waals surface area contributed by atoms with Gasteiger partial charge in [0.25, 0.3) is 0 Å². The van der Waals surface area contributed by atoms with Crippen molar-refractivity contribution in [2.24, 2.45) is 0 Å². The second-order valence-corrected chi connectivity index (χ2v) is 8.74. The van der Waals surface area contributed by atoms with Crippen molar-refractivity contribution < 1.29 is 17.9 Å². The lowest BCUT2D eigenvalue weighted by Gasteiger charge is -2.25. The molecule has 3 heterocycles. The van der Waals surface area contributed by atoms with Crippen molar-refractivity contribution in [2.45, 2.75) is 57.2 Å². The van der Waals surface area contributed by atoms with E-state index in [1.165, 1.54) is 6.42 Å². The molecular weight excluding hydrogens is 419 g/mol. The van der Waals surface area contributed by atoms with E-state index in [1.54, 1.807) is 23.6 Å². The van der Waals surface area contributed by atoms with Gasteiger partial charge in [0.2, 0.25) is 5.88 Å². The Morgan fingerprint density at radius 2 is 1.97 bits per heavy atom. The largest absolute Gasteiger partial charge is 0.473 e. The third-order valence-electron chi connectivity index (χ3n) is 6.24. The molecule has 1 aliphatic carbocycles. The Morgan fingerprint density at radius 3 is 2.66 bits per heavy atom. The average Bonchev–Trinajstić information content (AvgIpc) is 3.10. The Kier molecular flexibility index (Phi) is 5.44. The van der Waals surface area contributed by atoms with E-state index in [4.69, 9.17) is 9.72 Å². The molecule has 6 nitrogen and oxygen atoms in total. The number of aromatic nitrogens is 3. The molecule has 1 aromatic carbocycles. The summed E-state index contributed by atoms with van der Waals surface area (Å²) in [7, 11) is 0. The molecule has 1 atom stereocenters. The predicted octanol–water partition coefficient (Wildman–Crippen LogP) is 5.20. The van der Waals surface area contributed by atoms with E-state index in [0.29, 0.717) is 34.5 Å². The fourth-order valence-corrected chi connectivity index (χ4v) is 4.37. The van der Waals surface area contributed by atoms with E-state index in [9.17, 15) is 13.2 Å². The molecule has 1 aliphatic heterocycles. The maximum atomic E-state index is 13.3. The van der Waals surface area contributed by atoms with Crippen molar-refractivity contribution >= 4 is 17.2 Å². The first-order valence-corrected chi connectivity index (χ1v) is 11.1. The fourth-order valence-electron chi connectivity index (χ4n) is 4.37. The molecule has 170 valence electrons.